The molecule has 78 valence electrons. The molecule has 2 heteroatoms. The van der Waals surface area contributed by atoms with Gasteiger partial charge in [-0.25, -0.2) is 0 Å². The lowest BCUT2D eigenvalue weighted by molar-refractivity contribution is 0.0984. The van der Waals surface area contributed by atoms with Gasteiger partial charge in [0, 0.05) is 18.4 Å². The van der Waals surface area contributed by atoms with Crippen molar-refractivity contribution >= 4 is 5.78 Å². The van der Waals surface area contributed by atoms with Gasteiger partial charge in [0.2, 0.25) is 0 Å². The Kier molecular flexibility index (Phi) is 4.59. The summed E-state index contributed by atoms with van der Waals surface area (Å²) < 4.78 is 0. The van der Waals surface area contributed by atoms with Gasteiger partial charge in [0.15, 0.2) is 5.78 Å². The van der Waals surface area contributed by atoms with Crippen LogP contribution in [0.1, 0.15) is 28.8 Å². The summed E-state index contributed by atoms with van der Waals surface area (Å²) in [6.07, 6.45) is 6.88. The highest BCUT2D eigenvalue weighted by Gasteiger charge is 2.03. The predicted molar refractivity (Wildman–Crippen MR) is 61.6 cm³/mol. The average Bonchev–Trinajstić information content (AvgIpc) is 2.27. The van der Waals surface area contributed by atoms with E-state index in [0.29, 0.717) is 19.4 Å². The maximum Gasteiger partial charge on any atom is 0.163 e. The lowest BCUT2D eigenvalue weighted by atomic mass is 10.0. The van der Waals surface area contributed by atoms with Crippen LogP contribution in [-0.2, 0) is 6.42 Å². The van der Waals surface area contributed by atoms with Crippen LogP contribution in [0.15, 0.2) is 24.3 Å². The Balaban J connectivity index is 2.63. The molecule has 0 heterocycles. The third-order valence-electron chi connectivity index (χ3n) is 2.21. The Morgan fingerprint density at radius 2 is 2.00 bits per heavy atom. The largest absolute Gasteiger partial charge is 0.330 e. The maximum absolute atomic E-state index is 11.6. The highest BCUT2D eigenvalue weighted by molar-refractivity contribution is 5.96. The molecule has 2 nitrogen and oxygen atoms in total. The lowest BCUT2D eigenvalue weighted by Crippen LogP contribution is -2.03. The summed E-state index contributed by atoms with van der Waals surface area (Å²) in [6.45, 7) is 0.629. The van der Waals surface area contributed by atoms with E-state index in [1.165, 1.54) is 0 Å². The number of benzene rings is 1. The van der Waals surface area contributed by atoms with Crippen molar-refractivity contribution in [2.45, 2.75) is 19.3 Å². The van der Waals surface area contributed by atoms with Gasteiger partial charge >= 0.3 is 0 Å². The van der Waals surface area contributed by atoms with Crippen molar-refractivity contribution < 1.29 is 4.79 Å². The number of hydrogen-bond acceptors (Lipinski definition) is 2. The Morgan fingerprint density at radius 1 is 1.33 bits per heavy atom. The van der Waals surface area contributed by atoms with Crippen LogP contribution >= 0.6 is 0 Å². The Labute approximate surface area is 90.5 Å². The number of Topliss-reactive ketones (excluding diaryl/α,β-unsaturated/α-hetero) is 1. The number of rotatable bonds is 5. The zero-order valence-corrected chi connectivity index (χ0v) is 8.70. The van der Waals surface area contributed by atoms with Gasteiger partial charge in [0.05, 0.1) is 0 Å². The molecule has 0 saturated heterocycles. The van der Waals surface area contributed by atoms with Crippen molar-refractivity contribution in [3.05, 3.63) is 35.4 Å². The third-order valence-corrected chi connectivity index (χ3v) is 2.21. The van der Waals surface area contributed by atoms with E-state index >= 15 is 0 Å². The highest BCUT2D eigenvalue weighted by atomic mass is 16.1. The van der Waals surface area contributed by atoms with E-state index in [0.717, 1.165) is 17.5 Å². The summed E-state index contributed by atoms with van der Waals surface area (Å²) in [6, 6.07) is 7.56. The van der Waals surface area contributed by atoms with Crippen LogP contribution in [0, 0.1) is 12.3 Å². The predicted octanol–water partition coefficient (Wildman–Crippen LogP) is 1.78. The van der Waals surface area contributed by atoms with Crippen molar-refractivity contribution in [2.75, 3.05) is 6.54 Å². The second kappa shape index (κ2) is 6.00. The maximum atomic E-state index is 11.6. The van der Waals surface area contributed by atoms with Crippen LogP contribution in [0.5, 0.6) is 0 Å². The van der Waals surface area contributed by atoms with Gasteiger partial charge in [-0.2, -0.15) is 0 Å². The van der Waals surface area contributed by atoms with E-state index in [2.05, 4.69) is 5.92 Å². The molecule has 0 radical (unpaired) electrons. The number of nitrogens with two attached hydrogens (primary N) is 1. The average molecular weight is 201 g/mol. The van der Waals surface area contributed by atoms with Gasteiger partial charge < -0.3 is 5.73 Å². The molecular formula is C13H15NO. The molecule has 0 aliphatic heterocycles. The van der Waals surface area contributed by atoms with Crippen molar-refractivity contribution in [3.63, 3.8) is 0 Å². The second-order valence-electron chi connectivity index (χ2n) is 3.36. The Hall–Kier alpha value is -1.59. The molecule has 2 N–H and O–H groups in total. The van der Waals surface area contributed by atoms with Crippen molar-refractivity contribution in [3.8, 4) is 12.3 Å². The van der Waals surface area contributed by atoms with E-state index in [-0.39, 0.29) is 5.78 Å². The van der Waals surface area contributed by atoms with Crippen molar-refractivity contribution in [1.29, 1.82) is 0 Å². The molecule has 0 bridgehead atoms. The second-order valence-corrected chi connectivity index (χ2v) is 3.36. The molecule has 0 unspecified atom stereocenters. The van der Waals surface area contributed by atoms with E-state index in [1.54, 1.807) is 0 Å². The van der Waals surface area contributed by atoms with E-state index in [9.17, 15) is 4.79 Å². The molecular weight excluding hydrogens is 186 g/mol. The minimum Gasteiger partial charge on any atom is -0.330 e. The summed E-state index contributed by atoms with van der Waals surface area (Å²) >= 11 is 0. The molecule has 1 aromatic rings. The molecule has 1 rings (SSSR count). The lowest BCUT2D eigenvalue weighted by Gasteiger charge is -2.01. The van der Waals surface area contributed by atoms with Crippen LogP contribution in [0.3, 0.4) is 0 Å². The Bertz CT molecular complexity index is 359. The van der Waals surface area contributed by atoms with Crippen LogP contribution in [0.2, 0.25) is 0 Å². The summed E-state index contributed by atoms with van der Waals surface area (Å²) in [5.41, 5.74) is 7.32. The first-order valence-corrected chi connectivity index (χ1v) is 5.03. The number of terminal acetylenes is 1. The Morgan fingerprint density at radius 3 is 2.53 bits per heavy atom. The SMILES string of the molecule is C#CCCC(=O)c1ccc(CCN)cc1. The smallest absolute Gasteiger partial charge is 0.163 e. The van der Waals surface area contributed by atoms with Gasteiger partial charge in [0.25, 0.3) is 0 Å². The molecule has 0 aliphatic carbocycles. The van der Waals surface area contributed by atoms with E-state index in [4.69, 9.17) is 12.2 Å². The highest BCUT2D eigenvalue weighted by Crippen LogP contribution is 2.08. The summed E-state index contributed by atoms with van der Waals surface area (Å²) in [4.78, 5) is 11.6. The molecule has 0 amide bonds. The fourth-order valence-corrected chi connectivity index (χ4v) is 1.35. The first-order valence-electron chi connectivity index (χ1n) is 5.03. The molecule has 0 saturated carbocycles. The van der Waals surface area contributed by atoms with Crippen LogP contribution in [0.4, 0.5) is 0 Å². The number of carbonyl (C=O) groups excluding carboxylic acids is 1. The number of ketones is 1. The number of hydrogen-bond donors (Lipinski definition) is 1. The fraction of sp³-hybridized carbons (Fsp3) is 0.308. The first kappa shape index (κ1) is 11.5. The van der Waals surface area contributed by atoms with Crippen LogP contribution < -0.4 is 5.73 Å². The summed E-state index contributed by atoms with van der Waals surface area (Å²) in [7, 11) is 0. The van der Waals surface area contributed by atoms with Crippen LogP contribution in [-0.4, -0.2) is 12.3 Å². The van der Waals surface area contributed by atoms with Gasteiger partial charge in [0.1, 0.15) is 0 Å². The molecule has 0 aromatic heterocycles. The summed E-state index contributed by atoms with van der Waals surface area (Å²) in [5, 5.41) is 0. The molecule has 0 atom stereocenters. The monoisotopic (exact) mass is 201 g/mol. The molecule has 15 heavy (non-hydrogen) atoms. The topological polar surface area (TPSA) is 43.1 Å². The molecule has 0 spiro atoms. The van der Waals surface area contributed by atoms with Gasteiger partial charge in [-0.1, -0.05) is 24.3 Å². The summed E-state index contributed by atoms with van der Waals surface area (Å²) in [5.74, 6) is 2.57. The first-order chi connectivity index (χ1) is 7.27. The number of carbonyl (C=O) groups is 1. The van der Waals surface area contributed by atoms with E-state index < -0.39 is 0 Å². The fourth-order valence-electron chi connectivity index (χ4n) is 1.35. The van der Waals surface area contributed by atoms with Gasteiger partial charge in [-0.3, -0.25) is 4.79 Å². The zero-order chi connectivity index (χ0) is 11.1. The quantitative estimate of drug-likeness (QED) is 0.583. The zero-order valence-electron chi connectivity index (χ0n) is 8.70. The standard InChI is InChI=1S/C13H15NO/c1-2-3-4-13(15)12-7-5-11(6-8-12)9-10-14/h1,5-8H,3-4,9-10,14H2. The normalized spacial score (nSPS) is 9.60. The van der Waals surface area contributed by atoms with Gasteiger partial charge in [-0.05, 0) is 18.5 Å². The third kappa shape index (κ3) is 3.57. The van der Waals surface area contributed by atoms with Crippen LogP contribution in [0.25, 0.3) is 0 Å². The van der Waals surface area contributed by atoms with Gasteiger partial charge in [-0.15, -0.1) is 12.3 Å². The minimum absolute atomic E-state index is 0.104. The van der Waals surface area contributed by atoms with Crippen molar-refractivity contribution in [2.24, 2.45) is 5.73 Å². The van der Waals surface area contributed by atoms with E-state index in [1.807, 2.05) is 24.3 Å². The molecule has 1 aromatic carbocycles. The minimum atomic E-state index is 0.104. The molecule has 0 fully saturated rings. The molecule has 0 aliphatic rings. The van der Waals surface area contributed by atoms with Crippen molar-refractivity contribution in [1.82, 2.24) is 0 Å².